The summed E-state index contributed by atoms with van der Waals surface area (Å²) in [5, 5.41) is 0. The molecule has 0 radical (unpaired) electrons. The van der Waals surface area contributed by atoms with Crippen molar-refractivity contribution in [1.29, 1.82) is 0 Å². The molecule has 2 fully saturated rings. The van der Waals surface area contributed by atoms with Crippen LogP contribution in [0.1, 0.15) is 47.4 Å². The molecule has 5 rings (SSSR count). The van der Waals surface area contributed by atoms with Crippen LogP contribution in [-0.2, 0) is 20.4 Å². The first-order valence-electron chi connectivity index (χ1n) is 11.3. The van der Waals surface area contributed by atoms with Crippen LogP contribution in [0.15, 0.2) is 72.8 Å². The molecule has 0 N–H and O–H groups in total. The maximum Gasteiger partial charge on any atom is -1.00 e. The van der Waals surface area contributed by atoms with Gasteiger partial charge >= 0.3 is 188 Å². The second kappa shape index (κ2) is 11.8. The molecule has 32 heavy (non-hydrogen) atoms. The normalized spacial score (nSPS) is 29.9. The first kappa shape index (κ1) is 27.7. The van der Waals surface area contributed by atoms with Crippen LogP contribution in [0.2, 0.25) is 4.22 Å². The summed E-state index contributed by atoms with van der Waals surface area (Å²) >= 11 is 2.54. The van der Waals surface area contributed by atoms with Gasteiger partial charge in [0, 0.05) is 0 Å². The topological polar surface area (TPSA) is 0 Å². The van der Waals surface area contributed by atoms with Crippen LogP contribution in [0.4, 0.5) is 0 Å². The zero-order valence-corrected chi connectivity index (χ0v) is 22.6. The van der Waals surface area contributed by atoms with E-state index in [1.54, 1.807) is 0 Å². The average Bonchev–Trinajstić information content (AvgIpc) is 3.05. The van der Waals surface area contributed by atoms with Crippen LogP contribution < -0.4 is 37.2 Å². The van der Waals surface area contributed by atoms with E-state index < -0.39 is 0 Å². The van der Waals surface area contributed by atoms with Crippen molar-refractivity contribution in [1.82, 2.24) is 0 Å². The molecule has 168 valence electrons. The minimum atomic E-state index is 0. The van der Waals surface area contributed by atoms with Crippen molar-refractivity contribution in [3.8, 4) is 0 Å². The van der Waals surface area contributed by atoms with E-state index in [0.29, 0.717) is 17.8 Å². The van der Waals surface area contributed by atoms with Crippen molar-refractivity contribution in [2.24, 2.45) is 29.6 Å². The molecule has 2 saturated carbocycles. The molecular weight excluding hydrogens is 491 g/mol. The molecule has 3 aliphatic rings. The molecule has 0 bridgehead atoms. The SMILES string of the molecule is Cc1cccc(C(c2cccc(C)c2)C2C3C=CC=CC3C3CCC[CH]([Ti+3])C32)c1.[Cl-].[Cl-].[Cl-]. The number of benzene rings is 2. The summed E-state index contributed by atoms with van der Waals surface area (Å²) in [6.45, 7) is 4.48. The molecule has 6 atom stereocenters. The first-order chi connectivity index (χ1) is 14.1. The van der Waals surface area contributed by atoms with Gasteiger partial charge < -0.3 is 37.2 Å². The second-order valence-electron chi connectivity index (χ2n) is 9.59. The smallest absolute Gasteiger partial charge is 1.00 e. The molecule has 3 aliphatic carbocycles. The summed E-state index contributed by atoms with van der Waals surface area (Å²) in [4.78, 5) is 0. The average molecular weight is 522 g/mol. The van der Waals surface area contributed by atoms with Gasteiger partial charge in [-0.05, 0) is 0 Å². The van der Waals surface area contributed by atoms with Gasteiger partial charge in [0.15, 0.2) is 0 Å². The largest absolute Gasteiger partial charge is 1.00 e. The summed E-state index contributed by atoms with van der Waals surface area (Å²) in [6.07, 6.45) is 14.0. The molecule has 2 aromatic rings. The predicted molar refractivity (Wildman–Crippen MR) is 118 cm³/mol. The number of rotatable bonds is 3. The van der Waals surface area contributed by atoms with E-state index in [9.17, 15) is 0 Å². The zero-order chi connectivity index (χ0) is 20.0. The number of aryl methyl sites for hydroxylation is 2. The van der Waals surface area contributed by atoms with Gasteiger partial charge in [-0.1, -0.05) is 0 Å². The van der Waals surface area contributed by atoms with E-state index in [-0.39, 0.29) is 37.2 Å². The Morgan fingerprint density at radius 1 is 0.781 bits per heavy atom. The summed E-state index contributed by atoms with van der Waals surface area (Å²) in [6, 6.07) is 18.7. The molecule has 2 aromatic carbocycles. The second-order valence-corrected chi connectivity index (χ2v) is 10.7. The van der Waals surface area contributed by atoms with Gasteiger partial charge in [-0.15, -0.1) is 0 Å². The molecule has 6 unspecified atom stereocenters. The molecule has 0 spiro atoms. The predicted octanol–water partition coefficient (Wildman–Crippen LogP) is -1.81. The fourth-order valence-corrected chi connectivity index (χ4v) is 7.83. The fraction of sp³-hybridized carbons (Fsp3) is 0.429. The van der Waals surface area contributed by atoms with Crippen LogP contribution >= 0.6 is 0 Å². The van der Waals surface area contributed by atoms with E-state index in [4.69, 9.17) is 0 Å². The van der Waals surface area contributed by atoms with Crippen molar-refractivity contribution < 1.29 is 57.7 Å². The molecule has 0 heterocycles. The van der Waals surface area contributed by atoms with Gasteiger partial charge in [0.05, 0.1) is 0 Å². The van der Waals surface area contributed by atoms with Crippen molar-refractivity contribution in [3.05, 3.63) is 95.1 Å². The van der Waals surface area contributed by atoms with Gasteiger partial charge in [0.2, 0.25) is 0 Å². The van der Waals surface area contributed by atoms with Gasteiger partial charge in [-0.2, -0.15) is 0 Å². The third kappa shape index (κ3) is 5.11. The number of allylic oxidation sites excluding steroid dienone is 4. The number of hydrogen-bond acceptors (Lipinski definition) is 0. The molecule has 4 heteroatoms. The minimum Gasteiger partial charge on any atom is -1.00 e. The van der Waals surface area contributed by atoms with Crippen molar-refractivity contribution in [3.63, 3.8) is 0 Å². The first-order valence-corrected chi connectivity index (χ1v) is 12.2. The summed E-state index contributed by atoms with van der Waals surface area (Å²) in [7, 11) is 0. The Morgan fingerprint density at radius 3 is 1.91 bits per heavy atom. The fourth-order valence-electron chi connectivity index (χ4n) is 6.78. The van der Waals surface area contributed by atoms with Crippen molar-refractivity contribution >= 4 is 0 Å². The van der Waals surface area contributed by atoms with E-state index in [2.05, 4.69) is 107 Å². The minimum absolute atomic E-state index is 0. The Balaban J connectivity index is 0.00000121. The summed E-state index contributed by atoms with van der Waals surface area (Å²) in [5.74, 6) is 4.24. The quantitative estimate of drug-likeness (QED) is 0.418. The van der Waals surface area contributed by atoms with Crippen LogP contribution in [0, 0.1) is 43.4 Å². The number of fused-ring (bicyclic) bond motifs is 3. The van der Waals surface area contributed by atoms with E-state index in [0.717, 1.165) is 22.0 Å². The molecule has 0 nitrogen and oxygen atoms in total. The van der Waals surface area contributed by atoms with Crippen LogP contribution in [-0.4, -0.2) is 0 Å². The Hall–Kier alpha value is -0.496. The molecule has 0 aromatic heterocycles. The van der Waals surface area contributed by atoms with Gasteiger partial charge in [0.1, 0.15) is 0 Å². The van der Waals surface area contributed by atoms with Crippen LogP contribution in [0.5, 0.6) is 0 Å². The summed E-state index contributed by atoms with van der Waals surface area (Å²) in [5.41, 5.74) is 5.78. The van der Waals surface area contributed by atoms with Crippen LogP contribution in [0.25, 0.3) is 0 Å². The van der Waals surface area contributed by atoms with E-state index in [1.807, 2.05) is 0 Å². The monoisotopic (exact) mass is 520 g/mol. The number of hydrogen-bond donors (Lipinski definition) is 0. The Labute approximate surface area is 224 Å². The third-order valence-electron chi connectivity index (χ3n) is 7.80. The Morgan fingerprint density at radius 2 is 1.34 bits per heavy atom. The van der Waals surface area contributed by atoms with Crippen molar-refractivity contribution in [2.45, 2.75) is 43.3 Å². The van der Waals surface area contributed by atoms with Gasteiger partial charge in [-0.25, -0.2) is 0 Å². The zero-order valence-electron chi connectivity index (χ0n) is 18.7. The molecule has 0 aliphatic heterocycles. The van der Waals surface area contributed by atoms with Gasteiger partial charge in [-0.3, -0.25) is 0 Å². The summed E-state index contributed by atoms with van der Waals surface area (Å²) < 4.78 is 0.822. The van der Waals surface area contributed by atoms with Gasteiger partial charge in [0.25, 0.3) is 0 Å². The third-order valence-corrected chi connectivity index (χ3v) is 8.86. The standard InChI is InChI=1S/C28H31.3ClH.Ti/c1-19-9-7-11-21(17-19)27(22-12-8-10-20(2)18-22)28-25-15-5-3-13-23(25)24-14-4-6-16-26(24)28;;;;/h3,5,7-13,15-18,23-28H,4,6,14H2,1-2H3;3*1H;/q;;;;+3/p-3. The molecule has 0 amide bonds. The number of halogens is 3. The Bertz CT molecular complexity index is 908. The maximum atomic E-state index is 2.55. The molecular formula is C28H31Cl3Ti. The maximum absolute atomic E-state index is 2.55. The van der Waals surface area contributed by atoms with E-state index >= 15 is 0 Å². The van der Waals surface area contributed by atoms with Crippen molar-refractivity contribution in [2.75, 3.05) is 0 Å². The Kier molecular flexibility index (Phi) is 10.2. The van der Waals surface area contributed by atoms with Crippen LogP contribution in [0.3, 0.4) is 0 Å². The van der Waals surface area contributed by atoms with E-state index in [1.165, 1.54) is 41.5 Å². The molecule has 0 saturated heterocycles.